The fourth-order valence-corrected chi connectivity index (χ4v) is 1.00. The summed E-state index contributed by atoms with van der Waals surface area (Å²) in [5.41, 5.74) is 0. The van der Waals surface area contributed by atoms with Crippen molar-refractivity contribution in [2.75, 3.05) is 13.1 Å². The second kappa shape index (κ2) is 4.73. The fourth-order valence-electron chi connectivity index (χ4n) is 1.00. The Bertz CT molecular complexity index is 60.1. The lowest BCUT2D eigenvalue weighted by molar-refractivity contribution is 0.168. The average Bonchev–Trinajstić information content (AvgIpc) is 1.94. The SMILES string of the molecule is O.OC1CCCCNC1. The molecule has 0 spiro atoms. The van der Waals surface area contributed by atoms with Crippen molar-refractivity contribution in [1.82, 2.24) is 5.32 Å². The molecule has 1 saturated heterocycles. The van der Waals surface area contributed by atoms with Crippen molar-refractivity contribution in [2.45, 2.75) is 25.4 Å². The molecule has 56 valence electrons. The van der Waals surface area contributed by atoms with E-state index in [0.717, 1.165) is 19.5 Å². The zero-order chi connectivity index (χ0) is 5.82. The van der Waals surface area contributed by atoms with Crippen LogP contribution in [0, 0.1) is 0 Å². The highest BCUT2D eigenvalue weighted by atomic mass is 16.3. The summed E-state index contributed by atoms with van der Waals surface area (Å²) in [6.45, 7) is 1.87. The smallest absolute Gasteiger partial charge is 0.0664 e. The third kappa shape index (κ3) is 3.46. The number of β-amino-alcohol motifs (C(OH)–C–C–N with tert-alkyl or cyclic N) is 1. The van der Waals surface area contributed by atoms with Crippen molar-refractivity contribution in [3.63, 3.8) is 0 Å². The Labute approximate surface area is 55.4 Å². The van der Waals surface area contributed by atoms with E-state index in [2.05, 4.69) is 5.32 Å². The van der Waals surface area contributed by atoms with Crippen LogP contribution >= 0.6 is 0 Å². The van der Waals surface area contributed by atoms with Gasteiger partial charge in [0.05, 0.1) is 6.10 Å². The third-order valence-corrected chi connectivity index (χ3v) is 1.52. The van der Waals surface area contributed by atoms with Crippen LogP contribution in [-0.4, -0.2) is 29.8 Å². The maximum atomic E-state index is 9.03. The highest BCUT2D eigenvalue weighted by molar-refractivity contribution is 4.64. The second-order valence-electron chi connectivity index (χ2n) is 2.35. The number of aliphatic hydroxyl groups is 1. The summed E-state index contributed by atoms with van der Waals surface area (Å²) in [4.78, 5) is 0. The van der Waals surface area contributed by atoms with Crippen molar-refractivity contribution in [3.8, 4) is 0 Å². The number of aliphatic hydroxyl groups excluding tert-OH is 1. The molecule has 9 heavy (non-hydrogen) atoms. The minimum Gasteiger partial charge on any atom is -0.412 e. The minimum absolute atomic E-state index is 0. The van der Waals surface area contributed by atoms with Gasteiger partial charge in [0.25, 0.3) is 0 Å². The lowest BCUT2D eigenvalue weighted by Crippen LogP contribution is -2.23. The zero-order valence-corrected chi connectivity index (χ0v) is 5.56. The molecule has 1 aliphatic rings. The van der Waals surface area contributed by atoms with Crippen molar-refractivity contribution in [1.29, 1.82) is 0 Å². The van der Waals surface area contributed by atoms with Crippen LogP contribution in [0.3, 0.4) is 0 Å². The quantitative estimate of drug-likeness (QED) is 0.459. The number of hydrogen-bond donors (Lipinski definition) is 2. The summed E-state index contributed by atoms with van der Waals surface area (Å²) in [5, 5.41) is 12.2. The van der Waals surface area contributed by atoms with Gasteiger partial charge in [-0.3, -0.25) is 0 Å². The molecule has 0 radical (unpaired) electrons. The molecular formula is C6H15NO2. The van der Waals surface area contributed by atoms with Crippen LogP contribution in [-0.2, 0) is 0 Å². The molecule has 3 nitrogen and oxygen atoms in total. The highest BCUT2D eigenvalue weighted by Gasteiger charge is 2.05. The van der Waals surface area contributed by atoms with E-state index in [1.54, 1.807) is 0 Å². The van der Waals surface area contributed by atoms with Gasteiger partial charge in [0.1, 0.15) is 0 Å². The summed E-state index contributed by atoms with van der Waals surface area (Å²) in [6, 6.07) is 0. The Kier molecular flexibility index (Phi) is 4.67. The number of rotatable bonds is 0. The molecule has 0 aliphatic carbocycles. The average molecular weight is 133 g/mol. The van der Waals surface area contributed by atoms with Gasteiger partial charge < -0.3 is 15.9 Å². The number of nitrogens with one attached hydrogen (secondary N) is 1. The first-order valence-electron chi connectivity index (χ1n) is 3.28. The van der Waals surface area contributed by atoms with E-state index in [1.807, 2.05) is 0 Å². The molecule has 1 atom stereocenters. The van der Waals surface area contributed by atoms with E-state index in [4.69, 9.17) is 5.11 Å². The normalized spacial score (nSPS) is 28.3. The van der Waals surface area contributed by atoms with E-state index in [9.17, 15) is 0 Å². The van der Waals surface area contributed by atoms with Crippen molar-refractivity contribution in [3.05, 3.63) is 0 Å². The first kappa shape index (κ1) is 8.88. The molecule has 1 heterocycles. The zero-order valence-electron chi connectivity index (χ0n) is 5.56. The molecule has 1 aliphatic heterocycles. The summed E-state index contributed by atoms with van der Waals surface area (Å²) in [7, 11) is 0. The maximum absolute atomic E-state index is 9.03. The van der Waals surface area contributed by atoms with Gasteiger partial charge in [-0.15, -0.1) is 0 Å². The van der Waals surface area contributed by atoms with E-state index in [1.165, 1.54) is 12.8 Å². The maximum Gasteiger partial charge on any atom is 0.0664 e. The van der Waals surface area contributed by atoms with Crippen molar-refractivity contribution in [2.24, 2.45) is 0 Å². The van der Waals surface area contributed by atoms with E-state index < -0.39 is 0 Å². The van der Waals surface area contributed by atoms with E-state index >= 15 is 0 Å². The Balaban J connectivity index is 0.000000640. The van der Waals surface area contributed by atoms with Gasteiger partial charge in [0.2, 0.25) is 0 Å². The lowest BCUT2D eigenvalue weighted by atomic mass is 10.2. The number of hydrogen-bond acceptors (Lipinski definition) is 2. The molecule has 0 aromatic rings. The summed E-state index contributed by atoms with van der Waals surface area (Å²) in [6.07, 6.45) is 3.29. The largest absolute Gasteiger partial charge is 0.412 e. The molecule has 3 heteroatoms. The van der Waals surface area contributed by atoms with Crippen LogP contribution in [0.15, 0.2) is 0 Å². The summed E-state index contributed by atoms with van der Waals surface area (Å²) in [5.74, 6) is 0. The first-order valence-corrected chi connectivity index (χ1v) is 3.28. The van der Waals surface area contributed by atoms with Gasteiger partial charge in [-0.05, 0) is 25.8 Å². The predicted octanol–water partition coefficient (Wildman–Crippen LogP) is -0.704. The van der Waals surface area contributed by atoms with Crippen LogP contribution < -0.4 is 5.32 Å². The van der Waals surface area contributed by atoms with E-state index in [0.29, 0.717) is 0 Å². The van der Waals surface area contributed by atoms with Gasteiger partial charge in [-0.2, -0.15) is 0 Å². The second-order valence-corrected chi connectivity index (χ2v) is 2.35. The van der Waals surface area contributed by atoms with Crippen LogP contribution in [0.25, 0.3) is 0 Å². The van der Waals surface area contributed by atoms with Gasteiger partial charge >= 0.3 is 0 Å². The molecule has 0 saturated carbocycles. The van der Waals surface area contributed by atoms with Gasteiger partial charge in [-0.1, -0.05) is 0 Å². The standard InChI is InChI=1S/C6H13NO.H2O/c8-6-3-1-2-4-7-5-6;/h6-8H,1-5H2;1H2. The molecule has 0 aromatic carbocycles. The Morgan fingerprint density at radius 3 is 2.89 bits per heavy atom. The van der Waals surface area contributed by atoms with Gasteiger partial charge in [0.15, 0.2) is 0 Å². The molecule has 1 fully saturated rings. The Morgan fingerprint density at radius 1 is 1.33 bits per heavy atom. The topological polar surface area (TPSA) is 63.8 Å². The van der Waals surface area contributed by atoms with Gasteiger partial charge in [0, 0.05) is 6.54 Å². The fraction of sp³-hybridized carbons (Fsp3) is 1.00. The first-order chi connectivity index (χ1) is 3.89. The molecule has 0 amide bonds. The lowest BCUT2D eigenvalue weighted by Gasteiger charge is -2.03. The van der Waals surface area contributed by atoms with Crippen LogP contribution in [0.2, 0.25) is 0 Å². The van der Waals surface area contributed by atoms with Crippen LogP contribution in [0.1, 0.15) is 19.3 Å². The Hall–Kier alpha value is -0.120. The Morgan fingerprint density at radius 2 is 2.11 bits per heavy atom. The minimum atomic E-state index is -0.0856. The van der Waals surface area contributed by atoms with Crippen molar-refractivity contribution >= 4 is 0 Å². The van der Waals surface area contributed by atoms with Crippen LogP contribution in [0.4, 0.5) is 0 Å². The monoisotopic (exact) mass is 133 g/mol. The highest BCUT2D eigenvalue weighted by Crippen LogP contribution is 2.02. The molecular weight excluding hydrogens is 118 g/mol. The molecule has 1 rings (SSSR count). The molecule has 0 bridgehead atoms. The summed E-state index contributed by atoms with van der Waals surface area (Å²) < 4.78 is 0. The molecule has 0 aromatic heterocycles. The molecule has 4 N–H and O–H groups in total. The third-order valence-electron chi connectivity index (χ3n) is 1.52. The predicted molar refractivity (Wildman–Crippen MR) is 36.3 cm³/mol. The van der Waals surface area contributed by atoms with Crippen LogP contribution in [0.5, 0.6) is 0 Å². The molecule has 1 unspecified atom stereocenters. The van der Waals surface area contributed by atoms with Gasteiger partial charge in [-0.25, -0.2) is 0 Å². The summed E-state index contributed by atoms with van der Waals surface area (Å²) >= 11 is 0. The van der Waals surface area contributed by atoms with E-state index in [-0.39, 0.29) is 11.6 Å². The van der Waals surface area contributed by atoms with Crippen molar-refractivity contribution < 1.29 is 10.6 Å².